The van der Waals surface area contributed by atoms with Crippen molar-refractivity contribution in [2.24, 2.45) is 5.73 Å². The van der Waals surface area contributed by atoms with Gasteiger partial charge < -0.3 is 14.7 Å². The molecule has 15 heavy (non-hydrogen) atoms. The van der Waals surface area contributed by atoms with E-state index in [-0.39, 0.29) is 0 Å². The predicted octanol–water partition coefficient (Wildman–Crippen LogP) is 1.60. The van der Waals surface area contributed by atoms with Crippen LogP contribution in [0.15, 0.2) is 22.9 Å². The number of furan rings is 1. The third-order valence-corrected chi connectivity index (χ3v) is 2.51. The van der Waals surface area contributed by atoms with E-state index in [1.165, 1.54) is 0 Å². The maximum absolute atomic E-state index is 5.62. The summed E-state index contributed by atoms with van der Waals surface area (Å²) in [4.78, 5) is 4.16. The van der Waals surface area contributed by atoms with Crippen LogP contribution < -0.4 is 5.73 Å². The number of rotatable bonds is 3. The van der Waals surface area contributed by atoms with E-state index in [4.69, 9.17) is 10.2 Å². The maximum Gasteiger partial charge on any atom is 0.124 e. The molecular formula is C11H15N3O. The molecule has 2 aromatic heterocycles. The van der Waals surface area contributed by atoms with Crippen LogP contribution in [-0.4, -0.2) is 9.55 Å². The number of imidazole rings is 1. The Kier molecular flexibility index (Phi) is 2.60. The largest absolute Gasteiger partial charge is 0.463 e. The molecule has 0 aliphatic rings. The Balaban J connectivity index is 2.21. The van der Waals surface area contributed by atoms with Crippen LogP contribution in [0.5, 0.6) is 0 Å². The lowest BCUT2D eigenvalue weighted by Gasteiger charge is -2.01. The van der Waals surface area contributed by atoms with Gasteiger partial charge in [-0.15, -0.1) is 0 Å². The number of hydrogen-bond donors (Lipinski definition) is 1. The second-order valence-electron chi connectivity index (χ2n) is 3.63. The summed E-state index contributed by atoms with van der Waals surface area (Å²) in [6.07, 6.45) is 3.73. The second-order valence-corrected chi connectivity index (χ2v) is 3.63. The van der Waals surface area contributed by atoms with Crippen molar-refractivity contribution >= 4 is 0 Å². The standard InChI is InChI=1S/C11H15N3O/c1-8-5-10(15-11(8)6-12)7-14-4-3-13-9(14)2/h3-5H,6-7,12H2,1-2H3. The van der Waals surface area contributed by atoms with Gasteiger partial charge in [0.25, 0.3) is 0 Å². The summed E-state index contributed by atoms with van der Waals surface area (Å²) >= 11 is 0. The van der Waals surface area contributed by atoms with Gasteiger partial charge in [0.2, 0.25) is 0 Å². The van der Waals surface area contributed by atoms with Gasteiger partial charge in [-0.1, -0.05) is 0 Å². The fourth-order valence-corrected chi connectivity index (χ4v) is 1.61. The Morgan fingerprint density at radius 3 is 2.80 bits per heavy atom. The van der Waals surface area contributed by atoms with Crippen molar-refractivity contribution in [3.05, 3.63) is 41.4 Å². The van der Waals surface area contributed by atoms with Crippen LogP contribution in [0, 0.1) is 13.8 Å². The number of aryl methyl sites for hydroxylation is 2. The monoisotopic (exact) mass is 205 g/mol. The van der Waals surface area contributed by atoms with Crippen LogP contribution >= 0.6 is 0 Å². The third-order valence-electron chi connectivity index (χ3n) is 2.51. The summed E-state index contributed by atoms with van der Waals surface area (Å²) in [5, 5.41) is 0. The van der Waals surface area contributed by atoms with Crippen molar-refractivity contribution in [2.75, 3.05) is 0 Å². The van der Waals surface area contributed by atoms with E-state index in [1.54, 1.807) is 6.20 Å². The van der Waals surface area contributed by atoms with Crippen molar-refractivity contribution in [1.29, 1.82) is 0 Å². The number of nitrogens with two attached hydrogens (primary N) is 1. The van der Waals surface area contributed by atoms with Gasteiger partial charge in [0, 0.05) is 12.4 Å². The van der Waals surface area contributed by atoms with E-state index >= 15 is 0 Å². The molecular weight excluding hydrogens is 190 g/mol. The summed E-state index contributed by atoms with van der Waals surface area (Å²) in [5.74, 6) is 2.77. The summed E-state index contributed by atoms with van der Waals surface area (Å²) in [6.45, 7) is 5.15. The van der Waals surface area contributed by atoms with E-state index in [9.17, 15) is 0 Å². The number of aromatic nitrogens is 2. The van der Waals surface area contributed by atoms with E-state index in [0.717, 1.165) is 22.9 Å². The highest BCUT2D eigenvalue weighted by molar-refractivity contribution is 5.20. The minimum Gasteiger partial charge on any atom is -0.463 e. The summed E-state index contributed by atoms with van der Waals surface area (Å²) in [6, 6.07) is 2.03. The first kappa shape index (κ1) is 9.98. The SMILES string of the molecule is Cc1cc(Cn2ccnc2C)oc1CN. The molecule has 2 rings (SSSR count). The van der Waals surface area contributed by atoms with Crippen LogP contribution in [0.4, 0.5) is 0 Å². The molecule has 0 atom stereocenters. The van der Waals surface area contributed by atoms with Gasteiger partial charge in [0.15, 0.2) is 0 Å². The van der Waals surface area contributed by atoms with Crippen molar-refractivity contribution in [1.82, 2.24) is 9.55 Å². The number of hydrogen-bond acceptors (Lipinski definition) is 3. The van der Waals surface area contributed by atoms with Crippen LogP contribution in [0.25, 0.3) is 0 Å². The van der Waals surface area contributed by atoms with Crippen molar-refractivity contribution < 1.29 is 4.42 Å². The molecule has 80 valence electrons. The zero-order valence-corrected chi connectivity index (χ0v) is 9.03. The molecule has 0 unspecified atom stereocenters. The highest BCUT2D eigenvalue weighted by Crippen LogP contribution is 2.15. The van der Waals surface area contributed by atoms with Gasteiger partial charge in [-0.3, -0.25) is 0 Å². The van der Waals surface area contributed by atoms with Gasteiger partial charge in [-0.05, 0) is 25.5 Å². The molecule has 2 heterocycles. The lowest BCUT2D eigenvalue weighted by molar-refractivity contribution is 0.451. The molecule has 0 radical (unpaired) electrons. The lowest BCUT2D eigenvalue weighted by Crippen LogP contribution is -1.99. The minimum atomic E-state index is 0.453. The molecule has 0 spiro atoms. The first-order chi connectivity index (χ1) is 7.20. The van der Waals surface area contributed by atoms with E-state index in [2.05, 4.69) is 4.98 Å². The van der Waals surface area contributed by atoms with Gasteiger partial charge in [0.05, 0.1) is 13.1 Å². The lowest BCUT2D eigenvalue weighted by atomic mass is 10.2. The molecule has 0 amide bonds. The predicted molar refractivity (Wildman–Crippen MR) is 57.4 cm³/mol. The van der Waals surface area contributed by atoms with Crippen molar-refractivity contribution in [2.45, 2.75) is 26.9 Å². The smallest absolute Gasteiger partial charge is 0.124 e. The maximum atomic E-state index is 5.62. The molecule has 0 bridgehead atoms. The topological polar surface area (TPSA) is 57.0 Å². The van der Waals surface area contributed by atoms with E-state index in [1.807, 2.05) is 30.7 Å². The zero-order valence-electron chi connectivity index (χ0n) is 9.03. The molecule has 0 saturated carbocycles. The van der Waals surface area contributed by atoms with E-state index in [0.29, 0.717) is 13.1 Å². The molecule has 2 N–H and O–H groups in total. The average molecular weight is 205 g/mol. The average Bonchev–Trinajstić information content (AvgIpc) is 2.75. The van der Waals surface area contributed by atoms with Crippen molar-refractivity contribution in [3.8, 4) is 0 Å². The Morgan fingerprint density at radius 2 is 2.27 bits per heavy atom. The van der Waals surface area contributed by atoms with Crippen LogP contribution in [0.2, 0.25) is 0 Å². The fraction of sp³-hybridized carbons (Fsp3) is 0.364. The Hall–Kier alpha value is -1.55. The van der Waals surface area contributed by atoms with Crippen LogP contribution in [0.3, 0.4) is 0 Å². The first-order valence-corrected chi connectivity index (χ1v) is 4.96. The Morgan fingerprint density at radius 1 is 1.47 bits per heavy atom. The fourth-order valence-electron chi connectivity index (χ4n) is 1.61. The Labute approximate surface area is 88.7 Å². The minimum absolute atomic E-state index is 0.453. The van der Waals surface area contributed by atoms with Crippen LogP contribution in [-0.2, 0) is 13.1 Å². The quantitative estimate of drug-likeness (QED) is 0.828. The van der Waals surface area contributed by atoms with Gasteiger partial charge in [-0.2, -0.15) is 0 Å². The highest BCUT2D eigenvalue weighted by Gasteiger charge is 2.07. The first-order valence-electron chi connectivity index (χ1n) is 4.96. The second kappa shape index (κ2) is 3.90. The van der Waals surface area contributed by atoms with Gasteiger partial charge in [-0.25, -0.2) is 4.98 Å². The molecule has 0 saturated heterocycles. The van der Waals surface area contributed by atoms with Gasteiger partial charge >= 0.3 is 0 Å². The van der Waals surface area contributed by atoms with E-state index < -0.39 is 0 Å². The van der Waals surface area contributed by atoms with Gasteiger partial charge in [0.1, 0.15) is 17.3 Å². The highest BCUT2D eigenvalue weighted by atomic mass is 16.3. The van der Waals surface area contributed by atoms with Crippen molar-refractivity contribution in [3.63, 3.8) is 0 Å². The zero-order chi connectivity index (χ0) is 10.8. The third kappa shape index (κ3) is 1.94. The molecule has 4 nitrogen and oxygen atoms in total. The normalized spacial score (nSPS) is 10.9. The molecule has 0 aliphatic heterocycles. The molecule has 2 aromatic rings. The molecule has 4 heteroatoms. The summed E-state index contributed by atoms with van der Waals surface area (Å²) in [5.41, 5.74) is 6.67. The molecule has 0 aliphatic carbocycles. The summed E-state index contributed by atoms with van der Waals surface area (Å²) in [7, 11) is 0. The number of nitrogens with zero attached hydrogens (tertiary/aromatic N) is 2. The molecule has 0 aromatic carbocycles. The Bertz CT molecular complexity index is 456. The molecule has 0 fully saturated rings. The summed E-state index contributed by atoms with van der Waals surface area (Å²) < 4.78 is 7.66. The van der Waals surface area contributed by atoms with Crippen LogP contribution in [0.1, 0.15) is 22.9 Å².